The summed E-state index contributed by atoms with van der Waals surface area (Å²) in [4.78, 5) is 51.1. The minimum absolute atomic E-state index is 0. The monoisotopic (exact) mass is 360 g/mol. The second-order valence-electron chi connectivity index (χ2n) is 0.750. The van der Waals surface area contributed by atoms with Gasteiger partial charge in [-0.25, -0.2) is 0 Å². The van der Waals surface area contributed by atoms with E-state index in [0.29, 0.717) is 0 Å². The molecular formula is H3Ca3O9P3. The summed E-state index contributed by atoms with van der Waals surface area (Å²) in [7, 11) is -10.9. The Labute approximate surface area is 177 Å². The van der Waals surface area contributed by atoms with Crippen molar-refractivity contribution in [3.05, 3.63) is 0 Å². The van der Waals surface area contributed by atoms with Crippen LogP contribution in [0.2, 0.25) is 0 Å². The third kappa shape index (κ3) is 268. The zero-order valence-corrected chi connectivity index (χ0v) is 16.9. The second kappa shape index (κ2) is 30.9. The van der Waals surface area contributed by atoms with Crippen LogP contribution in [0.1, 0.15) is 0 Å². The summed E-state index contributed by atoms with van der Waals surface area (Å²) in [5.74, 6) is 0. The topological polar surface area (TPSA) is 190 Å². The molecule has 0 atom stereocenters. The molecule has 0 saturated carbocycles. The van der Waals surface area contributed by atoms with Crippen LogP contribution in [0, 0.1) is 0 Å². The first-order valence-corrected chi connectivity index (χ1v) is 5.51. The average molecular weight is 360 g/mol. The van der Waals surface area contributed by atoms with Crippen molar-refractivity contribution in [1.82, 2.24) is 0 Å². The van der Waals surface area contributed by atoms with Crippen LogP contribution in [-0.4, -0.2) is 113 Å². The fraction of sp³-hybridized carbons (Fsp3) is 0. The third-order valence-corrected chi connectivity index (χ3v) is 0. The van der Waals surface area contributed by atoms with Crippen LogP contribution < -0.4 is 29.4 Å². The second-order valence-corrected chi connectivity index (χ2v) is 2.25. The Hall–Kier alpha value is 4.23. The molecule has 0 aliphatic carbocycles. The van der Waals surface area contributed by atoms with Gasteiger partial charge in [-0.05, 0) is 0 Å². The summed E-state index contributed by atoms with van der Waals surface area (Å²) >= 11 is 0. The van der Waals surface area contributed by atoms with Crippen molar-refractivity contribution in [1.29, 1.82) is 0 Å². The molecule has 0 aliphatic heterocycles. The predicted octanol–water partition coefficient (Wildman–Crippen LogP) is -6.85. The first-order valence-electron chi connectivity index (χ1n) is 1.84. The van der Waals surface area contributed by atoms with Gasteiger partial charge in [-0.3, -0.25) is 0 Å². The molecule has 0 aromatic carbocycles. The van der Waals surface area contributed by atoms with Crippen molar-refractivity contribution in [3.8, 4) is 0 Å². The summed E-state index contributed by atoms with van der Waals surface area (Å²) in [6.07, 6.45) is 0. The number of hydrogen-bond donors (Lipinski definition) is 0. The van der Waals surface area contributed by atoms with Crippen molar-refractivity contribution < 1.29 is 43.1 Å². The molecule has 15 heteroatoms. The SMILES string of the molecule is O=[PH]([O-])[O-].O=[PH]([O-])[O-].O=[PH]([O-])[O-].[Ca+2].[Ca+2].[Ca+2]. The van der Waals surface area contributed by atoms with Gasteiger partial charge in [0.15, 0.2) is 0 Å². The van der Waals surface area contributed by atoms with Crippen molar-refractivity contribution >= 4 is 138 Å². The maximum atomic E-state index is 8.52. The normalized spacial score (nSPS) is 7.00. The fourth-order valence-electron chi connectivity index (χ4n) is 0. The standard InChI is InChI=1S/3Ca.3H3O3P/c;;;3*1-4(2)3/h;;;3*4H,(H2,1,2,3)/q3*+2;;;/p-6. The Kier molecular flexibility index (Phi) is 75.3. The van der Waals surface area contributed by atoms with Crippen LogP contribution in [-0.2, 0) is 13.7 Å². The van der Waals surface area contributed by atoms with Gasteiger partial charge in [0.1, 0.15) is 0 Å². The third-order valence-electron chi connectivity index (χ3n) is 0. The van der Waals surface area contributed by atoms with E-state index < -0.39 is 24.8 Å². The predicted molar refractivity (Wildman–Crippen MR) is 44.3 cm³/mol. The molecule has 0 aromatic rings. The van der Waals surface area contributed by atoms with Crippen molar-refractivity contribution in [2.24, 2.45) is 0 Å². The van der Waals surface area contributed by atoms with Crippen LogP contribution >= 0.6 is 24.8 Å². The van der Waals surface area contributed by atoms with Gasteiger partial charge >= 0.3 is 113 Å². The molecule has 0 heterocycles. The van der Waals surface area contributed by atoms with Gasteiger partial charge in [-0.2, -0.15) is 0 Å². The van der Waals surface area contributed by atoms with Gasteiger partial charge in [-0.15, -0.1) is 0 Å². The molecule has 0 N–H and O–H groups in total. The Bertz CT molecular complexity index is 118. The molecular weight excluding hydrogens is 357 g/mol. The van der Waals surface area contributed by atoms with E-state index in [1.54, 1.807) is 0 Å². The summed E-state index contributed by atoms with van der Waals surface area (Å²) in [6.45, 7) is 0. The molecule has 0 fully saturated rings. The van der Waals surface area contributed by atoms with E-state index in [1.807, 2.05) is 0 Å². The van der Waals surface area contributed by atoms with Crippen molar-refractivity contribution in [3.63, 3.8) is 0 Å². The van der Waals surface area contributed by atoms with Gasteiger partial charge in [0.25, 0.3) is 0 Å². The van der Waals surface area contributed by atoms with E-state index in [1.165, 1.54) is 0 Å². The van der Waals surface area contributed by atoms with E-state index in [2.05, 4.69) is 0 Å². The number of hydrogen-bond acceptors (Lipinski definition) is 9. The first kappa shape index (κ1) is 36.5. The fourth-order valence-corrected chi connectivity index (χ4v) is 0. The number of rotatable bonds is 0. The molecule has 0 aromatic heterocycles. The molecule has 0 amide bonds. The van der Waals surface area contributed by atoms with Crippen molar-refractivity contribution in [2.75, 3.05) is 0 Å². The largest absolute Gasteiger partial charge is 2.00 e. The quantitative estimate of drug-likeness (QED) is 0.298. The Morgan fingerprint density at radius 3 is 0.467 bits per heavy atom. The van der Waals surface area contributed by atoms with E-state index >= 15 is 0 Å². The van der Waals surface area contributed by atoms with E-state index in [-0.39, 0.29) is 113 Å². The maximum absolute atomic E-state index is 8.52. The van der Waals surface area contributed by atoms with Gasteiger partial charge in [0, 0.05) is 0 Å². The van der Waals surface area contributed by atoms with E-state index in [0.717, 1.165) is 0 Å². The smallest absolute Gasteiger partial charge is 0.813 e. The molecule has 9 nitrogen and oxygen atoms in total. The minimum Gasteiger partial charge on any atom is -0.813 e. The maximum Gasteiger partial charge on any atom is 2.00 e. The summed E-state index contributed by atoms with van der Waals surface area (Å²) < 4.78 is 25.6. The zero-order valence-electron chi connectivity index (χ0n) is 7.30. The average Bonchev–Trinajstić information content (AvgIpc) is 1.54. The Balaban J connectivity index is -0.0000000184. The van der Waals surface area contributed by atoms with E-state index in [4.69, 9.17) is 43.1 Å². The zero-order chi connectivity index (χ0) is 10.7. The molecule has 0 saturated heterocycles. The van der Waals surface area contributed by atoms with Gasteiger partial charge in [0.2, 0.25) is 0 Å². The summed E-state index contributed by atoms with van der Waals surface area (Å²) in [6, 6.07) is 0. The van der Waals surface area contributed by atoms with Crippen LogP contribution in [0.15, 0.2) is 0 Å². The van der Waals surface area contributed by atoms with Gasteiger partial charge < -0.3 is 43.1 Å². The Morgan fingerprint density at radius 1 is 0.467 bits per heavy atom. The van der Waals surface area contributed by atoms with Crippen LogP contribution in [0.3, 0.4) is 0 Å². The molecule has 0 aliphatic rings. The molecule has 0 bridgehead atoms. The summed E-state index contributed by atoms with van der Waals surface area (Å²) in [5.41, 5.74) is 0. The van der Waals surface area contributed by atoms with Gasteiger partial charge in [-0.1, -0.05) is 24.8 Å². The van der Waals surface area contributed by atoms with Crippen molar-refractivity contribution in [2.45, 2.75) is 0 Å². The molecule has 15 heavy (non-hydrogen) atoms. The molecule has 0 radical (unpaired) electrons. The molecule has 0 unspecified atom stereocenters. The van der Waals surface area contributed by atoms with E-state index in [9.17, 15) is 0 Å². The summed E-state index contributed by atoms with van der Waals surface area (Å²) in [5, 5.41) is 0. The van der Waals surface area contributed by atoms with Gasteiger partial charge in [0.05, 0.1) is 0 Å². The minimum atomic E-state index is -3.63. The molecule has 78 valence electrons. The van der Waals surface area contributed by atoms with Crippen LogP contribution in [0.5, 0.6) is 0 Å². The van der Waals surface area contributed by atoms with Crippen LogP contribution in [0.4, 0.5) is 0 Å². The molecule has 0 rings (SSSR count). The van der Waals surface area contributed by atoms with Crippen LogP contribution in [0.25, 0.3) is 0 Å². The molecule has 0 spiro atoms. The Morgan fingerprint density at radius 2 is 0.467 bits per heavy atom. The first-order chi connectivity index (χ1) is 5.20.